The summed E-state index contributed by atoms with van der Waals surface area (Å²) >= 11 is 0. The van der Waals surface area contributed by atoms with E-state index in [9.17, 15) is 58.0 Å². The lowest BCUT2D eigenvalue weighted by atomic mass is 9.66. The van der Waals surface area contributed by atoms with Crippen LogP contribution >= 0.6 is 0 Å². The topological polar surface area (TPSA) is 313 Å². The van der Waals surface area contributed by atoms with Crippen LogP contribution in [0.2, 0.25) is 0 Å². The van der Waals surface area contributed by atoms with Gasteiger partial charge in [0, 0.05) is 0 Å². The van der Waals surface area contributed by atoms with Gasteiger partial charge in [0.2, 0.25) is 0 Å². The summed E-state index contributed by atoms with van der Waals surface area (Å²) in [5.74, 6) is 4.06. The lowest BCUT2D eigenvalue weighted by Crippen LogP contribution is -2.51. The van der Waals surface area contributed by atoms with E-state index in [1.807, 2.05) is 132 Å². The summed E-state index contributed by atoms with van der Waals surface area (Å²) in [4.78, 5) is 140. The zero-order chi connectivity index (χ0) is 98.9. The van der Waals surface area contributed by atoms with Crippen molar-refractivity contribution in [3.63, 3.8) is 0 Å². The van der Waals surface area contributed by atoms with Crippen LogP contribution in [0.5, 0.6) is 0 Å². The Bertz CT molecular complexity index is 4220. The van der Waals surface area contributed by atoms with Gasteiger partial charge in [0.15, 0.2) is 10.8 Å². The Labute approximate surface area is 798 Å². The molecule has 24 unspecified atom stereocenters. The molecule has 15 aliphatic rings. The molecule has 24 atom stereocenters. The smallest absolute Gasteiger partial charge is 0.327 e. The number of hydrogen-bond acceptors (Lipinski definition) is 23. The van der Waals surface area contributed by atoms with Crippen molar-refractivity contribution in [1.29, 1.82) is 5.26 Å². The van der Waals surface area contributed by atoms with Crippen molar-refractivity contribution in [2.24, 2.45) is 144 Å². The van der Waals surface area contributed by atoms with Gasteiger partial charge < -0.3 is 52.1 Å². The van der Waals surface area contributed by atoms with Crippen molar-refractivity contribution in [3.05, 3.63) is 0 Å². The van der Waals surface area contributed by atoms with Crippen molar-refractivity contribution < 1.29 is 105 Å². The van der Waals surface area contributed by atoms with E-state index in [4.69, 9.17) is 52.1 Å². The maximum absolute atomic E-state index is 13.2. The standard InChI is InChI=1S/C24H38O4.C23H38O6.C23H36O4.C21H34O4.C19H29NO4/c1-5-23(2,3)22(26)27-19-14-15-13-18(19)16-9-10-17(20(15)16)21(25)28-24(4)11-7-6-8-12-24;1-10-22(8,9)17(24)27-16-12-15-11-14(16)13-23(15,18(25)28-20(2,3)4)19(26)29-21(5,6)7;1-7-23(5,6)21(25)26-17-11-13-10-16(17)19-12-8-14(18(13)19)15(9-12)20(24)27-22(2,3)4;1-5-19(2,3)18(23)25-21(13-15-8-9-16(21)12-15)14-17(22)24-20(4)10-6-7-11-20;1-7-18(5,6)15(21)23-14-9-13-8-12(14)10-19(13,11-20)16(22)24-17(2,3)4/h15-20H,5-14H2,1-4H3;14-16H,10-13H2,1-9H3;12-19H,7-11H2,1-6H3;15-16H,5-14H2,1-4H3;12-14H,7-10H2,1-6H3. The Kier molecular flexibility index (Phi) is 32.0. The number of esters is 11. The summed E-state index contributed by atoms with van der Waals surface area (Å²) < 4.78 is 64.1. The molecule has 133 heavy (non-hydrogen) atoms. The van der Waals surface area contributed by atoms with Gasteiger partial charge in [0.1, 0.15) is 63.6 Å². The van der Waals surface area contributed by atoms with E-state index < -0.39 is 83.8 Å². The highest BCUT2D eigenvalue weighted by Crippen LogP contribution is 2.70. The van der Waals surface area contributed by atoms with E-state index in [2.05, 4.69) is 13.0 Å². The van der Waals surface area contributed by atoms with Crippen molar-refractivity contribution >= 4 is 65.7 Å². The molecule has 0 amide bonds. The summed E-state index contributed by atoms with van der Waals surface area (Å²) in [7, 11) is 0. The van der Waals surface area contributed by atoms with Gasteiger partial charge in [0.05, 0.1) is 51.4 Å². The molecule has 12 bridgehead atoms. The molecule has 0 heterocycles. The molecular weight excluding hydrogens is 1690 g/mol. The fourth-order valence-electron chi connectivity index (χ4n) is 26.3. The molecule has 0 N–H and O–H groups in total. The van der Waals surface area contributed by atoms with E-state index in [1.54, 1.807) is 62.3 Å². The van der Waals surface area contributed by atoms with Gasteiger partial charge in [-0.3, -0.25) is 52.7 Å². The molecule has 23 heteroatoms. The van der Waals surface area contributed by atoms with E-state index in [-0.39, 0.29) is 125 Å². The SMILES string of the molecule is CCC(C)(C)C(=O)OC1(CC(=O)OC2(C)CCCC2)CC2CCC1C2.CCC(C)(C)C(=O)OC1CC2CC1C1C3CC(C(=O)OC(C)(C)C)C(C3)C21.CCC(C)(C)C(=O)OC1CC2CC1C1CCC(C(=O)OC3(C)CCCCC3)C21.CCC(C)(C)C(=O)OC1CC2CC1CC2(C#N)C(=O)OC(C)(C)C.CCC(C)(C)C(=O)OC1CC2CC1CC2(C(=O)OC(C)(C)C)C(=O)OC(C)(C)C. The molecule has 15 aliphatic carbocycles. The molecule has 0 saturated heterocycles. The van der Waals surface area contributed by atoms with E-state index in [1.165, 1.54) is 38.5 Å². The summed E-state index contributed by atoms with van der Waals surface area (Å²) in [6.45, 7) is 55.4. The molecule has 0 aliphatic heterocycles. The highest BCUT2D eigenvalue weighted by Gasteiger charge is 2.70. The fraction of sp³-hybridized carbons (Fsp3) is 0.891. The van der Waals surface area contributed by atoms with Crippen molar-refractivity contribution in [1.82, 2.24) is 0 Å². The molecule has 15 fully saturated rings. The van der Waals surface area contributed by atoms with Crippen molar-refractivity contribution in [2.75, 3.05) is 0 Å². The van der Waals surface area contributed by atoms with Gasteiger partial charge in [0.25, 0.3) is 0 Å². The Balaban J connectivity index is 0.000000160. The molecule has 15 rings (SSSR count). The van der Waals surface area contributed by atoms with Gasteiger partial charge >= 0.3 is 65.7 Å². The number of carbonyl (C=O) groups is 11. The summed E-state index contributed by atoms with van der Waals surface area (Å²) in [6, 6.07) is 2.23. The van der Waals surface area contributed by atoms with Crippen LogP contribution in [0, 0.1) is 156 Å². The third-order valence-corrected chi connectivity index (χ3v) is 35.7. The second-order valence-corrected chi connectivity index (χ2v) is 52.0. The van der Waals surface area contributed by atoms with Gasteiger partial charge in [-0.2, -0.15) is 5.26 Å². The zero-order valence-corrected chi connectivity index (χ0v) is 87.5. The average Bonchev–Trinajstić information content (AvgIpc) is 1.53. The second-order valence-electron chi connectivity index (χ2n) is 52.0. The van der Waals surface area contributed by atoms with Crippen LogP contribution in [0.15, 0.2) is 0 Å². The minimum absolute atomic E-state index is 0.0175. The Morgan fingerprint density at radius 1 is 0.331 bits per heavy atom. The monoisotopic (exact) mass is 1860 g/mol. The first-order chi connectivity index (χ1) is 61.4. The zero-order valence-electron chi connectivity index (χ0n) is 87.5. The van der Waals surface area contributed by atoms with Crippen molar-refractivity contribution in [3.8, 4) is 6.07 Å². The molecule has 0 aromatic carbocycles. The number of nitriles is 1. The first-order valence-corrected chi connectivity index (χ1v) is 52.3. The van der Waals surface area contributed by atoms with Crippen LogP contribution in [-0.4, -0.2) is 129 Å². The number of rotatable bonds is 24. The van der Waals surface area contributed by atoms with Gasteiger partial charge in [-0.25, -0.2) is 0 Å². The minimum atomic E-state index is -1.32. The van der Waals surface area contributed by atoms with E-state index >= 15 is 0 Å². The maximum atomic E-state index is 13.2. The van der Waals surface area contributed by atoms with E-state index in [0.29, 0.717) is 116 Å². The van der Waals surface area contributed by atoms with E-state index in [0.717, 1.165) is 122 Å². The number of nitrogens with zero attached hydrogens (tertiary/aromatic N) is 1. The Hall–Kier alpha value is -6.34. The van der Waals surface area contributed by atoms with Crippen LogP contribution in [0.3, 0.4) is 0 Å². The first kappa shape index (κ1) is 107. The van der Waals surface area contributed by atoms with Crippen LogP contribution in [0.25, 0.3) is 0 Å². The molecule has 0 spiro atoms. The van der Waals surface area contributed by atoms with Crippen molar-refractivity contribution in [2.45, 2.75) is 476 Å². The average molecular weight is 1860 g/mol. The fourth-order valence-corrected chi connectivity index (χ4v) is 26.3. The van der Waals surface area contributed by atoms with Gasteiger partial charge in [-0.05, 0) is 460 Å². The predicted octanol–water partition coefficient (Wildman–Crippen LogP) is 22.7. The van der Waals surface area contributed by atoms with Crippen LogP contribution < -0.4 is 0 Å². The first-order valence-electron chi connectivity index (χ1n) is 52.3. The largest absolute Gasteiger partial charge is 0.462 e. The highest BCUT2D eigenvalue weighted by atomic mass is 16.6. The van der Waals surface area contributed by atoms with Crippen LogP contribution in [0.1, 0.15) is 413 Å². The number of ether oxygens (including phenoxy) is 11. The third-order valence-electron chi connectivity index (χ3n) is 35.7. The van der Waals surface area contributed by atoms with Crippen LogP contribution in [0.4, 0.5) is 0 Å². The molecular formula is C110H175NO22. The Morgan fingerprint density at radius 2 is 0.737 bits per heavy atom. The normalized spacial score (nSPS) is 34.6. The molecule has 0 aromatic rings. The maximum Gasteiger partial charge on any atom is 0.327 e. The third kappa shape index (κ3) is 23.5. The number of hydrogen-bond donors (Lipinski definition) is 0. The molecule has 0 aromatic heterocycles. The molecule has 23 nitrogen and oxygen atoms in total. The molecule has 15 saturated carbocycles. The highest BCUT2D eigenvalue weighted by molar-refractivity contribution is 6.01. The summed E-state index contributed by atoms with van der Waals surface area (Å²) in [6.07, 6.45) is 29.3. The lowest BCUT2D eigenvalue weighted by molar-refractivity contribution is -0.193. The van der Waals surface area contributed by atoms with Gasteiger partial charge in [-0.15, -0.1) is 0 Å². The molecule has 752 valence electrons. The van der Waals surface area contributed by atoms with Crippen LogP contribution in [-0.2, 0) is 105 Å². The predicted molar refractivity (Wildman–Crippen MR) is 504 cm³/mol. The second kappa shape index (κ2) is 39.7. The lowest BCUT2D eigenvalue weighted by Gasteiger charge is -2.41. The van der Waals surface area contributed by atoms with Gasteiger partial charge in [-0.1, -0.05) is 41.0 Å². The summed E-state index contributed by atoms with van der Waals surface area (Å²) in [5.41, 5.74) is -8.36. The minimum Gasteiger partial charge on any atom is -0.462 e. The quantitative estimate of drug-likeness (QED) is 0.0375. The summed E-state index contributed by atoms with van der Waals surface area (Å²) in [5, 5.41) is 9.68. The number of fused-ring (bicyclic) bond motifs is 20. The molecule has 0 radical (unpaired) electrons. The number of carbonyl (C=O) groups excluding carboxylic acids is 11. The Morgan fingerprint density at radius 3 is 1.17 bits per heavy atom.